The quantitative estimate of drug-likeness (QED) is 0.864. The molecule has 0 fully saturated rings. The van der Waals surface area contributed by atoms with E-state index in [9.17, 15) is 9.18 Å². The van der Waals surface area contributed by atoms with Gasteiger partial charge < -0.3 is 5.11 Å². The summed E-state index contributed by atoms with van der Waals surface area (Å²) in [5.74, 6) is -1.27. The molecular weight excluding hydrogens is 257 g/mol. The van der Waals surface area contributed by atoms with Gasteiger partial charge in [0.05, 0.1) is 6.54 Å². The number of halogens is 2. The lowest BCUT2D eigenvalue weighted by Crippen LogP contribution is -2.33. The molecule has 1 aromatic rings. The first kappa shape index (κ1) is 14.9. The zero-order valence-corrected chi connectivity index (χ0v) is 11.2. The average Bonchev–Trinajstić information content (AvgIpc) is 2.27. The molecular formula is C13H17ClFNO2. The fourth-order valence-corrected chi connectivity index (χ4v) is 2.23. The van der Waals surface area contributed by atoms with E-state index in [1.807, 2.05) is 13.8 Å². The molecule has 0 amide bonds. The summed E-state index contributed by atoms with van der Waals surface area (Å²) >= 11 is 5.99. The summed E-state index contributed by atoms with van der Waals surface area (Å²) in [6.07, 6.45) is 0.844. The predicted octanol–water partition coefficient (Wildman–Crippen LogP) is 3.34. The number of carbonyl (C=O) groups is 1. The van der Waals surface area contributed by atoms with Crippen molar-refractivity contribution in [2.75, 3.05) is 13.1 Å². The Morgan fingerprint density at radius 3 is 2.72 bits per heavy atom. The van der Waals surface area contributed by atoms with Gasteiger partial charge in [0.25, 0.3) is 0 Å². The van der Waals surface area contributed by atoms with Crippen LogP contribution in [0.4, 0.5) is 4.39 Å². The van der Waals surface area contributed by atoms with Crippen molar-refractivity contribution in [1.29, 1.82) is 0 Å². The minimum Gasteiger partial charge on any atom is -0.480 e. The molecule has 1 aromatic carbocycles. The lowest BCUT2D eigenvalue weighted by Gasteiger charge is -2.28. The molecule has 1 N–H and O–H groups in total. The van der Waals surface area contributed by atoms with E-state index in [0.29, 0.717) is 11.6 Å². The molecule has 3 nitrogen and oxygen atoms in total. The van der Waals surface area contributed by atoms with Crippen LogP contribution in [0.15, 0.2) is 18.2 Å². The Morgan fingerprint density at radius 2 is 2.22 bits per heavy atom. The van der Waals surface area contributed by atoms with Gasteiger partial charge in [0.1, 0.15) is 5.82 Å². The van der Waals surface area contributed by atoms with Crippen LogP contribution in [-0.2, 0) is 4.79 Å². The lowest BCUT2D eigenvalue weighted by atomic mass is 10.1. The van der Waals surface area contributed by atoms with Crippen LogP contribution in [-0.4, -0.2) is 29.1 Å². The second kappa shape index (κ2) is 6.71. The van der Waals surface area contributed by atoms with Crippen LogP contribution in [0.5, 0.6) is 0 Å². The van der Waals surface area contributed by atoms with E-state index >= 15 is 0 Å². The zero-order valence-electron chi connectivity index (χ0n) is 10.5. The topological polar surface area (TPSA) is 40.5 Å². The van der Waals surface area contributed by atoms with Crippen molar-refractivity contribution in [3.8, 4) is 0 Å². The maximum Gasteiger partial charge on any atom is 0.317 e. The minimum atomic E-state index is -0.881. The number of rotatable bonds is 6. The van der Waals surface area contributed by atoms with Gasteiger partial charge in [0, 0.05) is 11.1 Å². The monoisotopic (exact) mass is 273 g/mol. The molecule has 18 heavy (non-hydrogen) atoms. The largest absolute Gasteiger partial charge is 0.480 e. The van der Waals surface area contributed by atoms with E-state index in [1.54, 1.807) is 11.0 Å². The lowest BCUT2D eigenvalue weighted by molar-refractivity contribution is -0.138. The van der Waals surface area contributed by atoms with Gasteiger partial charge in [-0.1, -0.05) is 24.6 Å². The number of hydrogen-bond donors (Lipinski definition) is 1. The third-order valence-electron chi connectivity index (χ3n) is 2.81. The van der Waals surface area contributed by atoms with E-state index in [-0.39, 0.29) is 12.6 Å². The number of carboxylic acids is 1. The summed E-state index contributed by atoms with van der Waals surface area (Å²) in [7, 11) is 0. The first-order valence-electron chi connectivity index (χ1n) is 5.86. The minimum absolute atomic E-state index is 0.0529. The molecule has 0 saturated carbocycles. The first-order valence-corrected chi connectivity index (χ1v) is 6.24. The van der Waals surface area contributed by atoms with E-state index in [4.69, 9.17) is 16.7 Å². The van der Waals surface area contributed by atoms with Crippen LogP contribution in [0.1, 0.15) is 31.9 Å². The SMILES string of the molecule is CCCN(CC(=O)O)C(C)c1ccc(F)cc1Cl. The van der Waals surface area contributed by atoms with E-state index in [1.165, 1.54) is 12.1 Å². The van der Waals surface area contributed by atoms with E-state index in [0.717, 1.165) is 12.0 Å². The highest BCUT2D eigenvalue weighted by molar-refractivity contribution is 6.31. The van der Waals surface area contributed by atoms with Gasteiger partial charge in [0.15, 0.2) is 0 Å². The Labute approximate surface area is 111 Å². The Kier molecular flexibility index (Phi) is 5.56. The summed E-state index contributed by atoms with van der Waals surface area (Å²) in [5.41, 5.74) is 0.743. The second-order valence-corrected chi connectivity index (χ2v) is 4.61. The van der Waals surface area contributed by atoms with Gasteiger partial charge in [0.2, 0.25) is 0 Å². The second-order valence-electron chi connectivity index (χ2n) is 4.21. The van der Waals surface area contributed by atoms with Crippen LogP contribution < -0.4 is 0 Å². The molecule has 0 spiro atoms. The molecule has 0 heterocycles. The molecule has 5 heteroatoms. The Hall–Kier alpha value is -1.13. The van der Waals surface area contributed by atoms with Crippen molar-refractivity contribution in [3.63, 3.8) is 0 Å². The third-order valence-corrected chi connectivity index (χ3v) is 3.14. The molecule has 0 aliphatic rings. The van der Waals surface area contributed by atoms with Gasteiger partial charge in [-0.2, -0.15) is 0 Å². The molecule has 1 unspecified atom stereocenters. The Balaban J connectivity index is 2.93. The fraction of sp³-hybridized carbons (Fsp3) is 0.462. The smallest absolute Gasteiger partial charge is 0.317 e. The molecule has 100 valence electrons. The predicted molar refractivity (Wildman–Crippen MR) is 69.3 cm³/mol. The van der Waals surface area contributed by atoms with Crippen LogP contribution in [0.2, 0.25) is 5.02 Å². The third kappa shape index (κ3) is 3.96. The van der Waals surface area contributed by atoms with Crippen LogP contribution in [0.3, 0.4) is 0 Å². The number of benzene rings is 1. The summed E-state index contributed by atoms with van der Waals surface area (Å²) in [6.45, 7) is 4.45. The molecule has 1 atom stereocenters. The molecule has 0 radical (unpaired) electrons. The Bertz CT molecular complexity index is 425. The van der Waals surface area contributed by atoms with Crippen molar-refractivity contribution in [2.24, 2.45) is 0 Å². The van der Waals surface area contributed by atoms with Crippen molar-refractivity contribution < 1.29 is 14.3 Å². The molecule has 0 bridgehead atoms. The van der Waals surface area contributed by atoms with Crippen LogP contribution >= 0.6 is 11.6 Å². The molecule has 0 aromatic heterocycles. The zero-order chi connectivity index (χ0) is 13.7. The number of aliphatic carboxylic acids is 1. The number of carboxylic acid groups (broad SMARTS) is 1. The van der Waals surface area contributed by atoms with Gasteiger partial charge in [-0.15, -0.1) is 0 Å². The molecule has 1 rings (SSSR count). The fourth-order valence-electron chi connectivity index (χ4n) is 1.91. The maximum absolute atomic E-state index is 13.0. The van der Waals surface area contributed by atoms with Crippen molar-refractivity contribution in [2.45, 2.75) is 26.3 Å². The highest BCUT2D eigenvalue weighted by Crippen LogP contribution is 2.27. The summed E-state index contributed by atoms with van der Waals surface area (Å²) in [5, 5.41) is 9.21. The maximum atomic E-state index is 13.0. The van der Waals surface area contributed by atoms with Gasteiger partial charge >= 0.3 is 5.97 Å². The summed E-state index contributed by atoms with van der Waals surface area (Å²) in [4.78, 5) is 12.6. The van der Waals surface area contributed by atoms with Crippen molar-refractivity contribution in [3.05, 3.63) is 34.6 Å². The molecule has 0 aliphatic heterocycles. The number of nitrogens with zero attached hydrogens (tertiary/aromatic N) is 1. The van der Waals surface area contributed by atoms with Crippen LogP contribution in [0, 0.1) is 5.82 Å². The van der Waals surface area contributed by atoms with E-state index < -0.39 is 11.8 Å². The van der Waals surface area contributed by atoms with E-state index in [2.05, 4.69) is 0 Å². The highest BCUT2D eigenvalue weighted by Gasteiger charge is 2.19. The standard InChI is InChI=1S/C13H17ClFNO2/c1-3-6-16(8-13(17)18)9(2)11-5-4-10(15)7-12(11)14/h4-5,7,9H,3,6,8H2,1-2H3,(H,17,18). The molecule has 0 aliphatic carbocycles. The van der Waals surface area contributed by atoms with Gasteiger partial charge in [-0.05, 0) is 37.6 Å². The molecule has 0 saturated heterocycles. The van der Waals surface area contributed by atoms with Crippen LogP contribution in [0.25, 0.3) is 0 Å². The first-order chi connectivity index (χ1) is 8.45. The normalized spacial score (nSPS) is 12.7. The van der Waals surface area contributed by atoms with Gasteiger partial charge in [-0.25, -0.2) is 4.39 Å². The van der Waals surface area contributed by atoms with Gasteiger partial charge in [-0.3, -0.25) is 9.69 Å². The van der Waals surface area contributed by atoms with Crippen molar-refractivity contribution in [1.82, 2.24) is 4.90 Å². The summed E-state index contributed by atoms with van der Waals surface area (Å²) < 4.78 is 13.0. The number of hydrogen-bond acceptors (Lipinski definition) is 2. The summed E-state index contributed by atoms with van der Waals surface area (Å²) in [6, 6.07) is 4.03. The Morgan fingerprint density at radius 1 is 1.56 bits per heavy atom. The average molecular weight is 274 g/mol. The highest BCUT2D eigenvalue weighted by atomic mass is 35.5. The van der Waals surface area contributed by atoms with Crippen molar-refractivity contribution >= 4 is 17.6 Å².